The summed E-state index contributed by atoms with van der Waals surface area (Å²) in [5, 5.41) is 14.1. The van der Waals surface area contributed by atoms with Gasteiger partial charge in [-0.05, 0) is 54.8 Å². The van der Waals surface area contributed by atoms with Crippen LogP contribution in [0, 0.1) is 5.82 Å². The molecule has 0 radical (unpaired) electrons. The molecule has 1 fully saturated rings. The van der Waals surface area contributed by atoms with Gasteiger partial charge in [0, 0.05) is 43.2 Å². The fourth-order valence-corrected chi connectivity index (χ4v) is 4.23. The smallest absolute Gasteiger partial charge is 0.222 e. The monoisotopic (exact) mass is 469 g/mol. The molecular formula is C25H25ClFN3O3. The van der Waals surface area contributed by atoms with Gasteiger partial charge in [0.25, 0.3) is 0 Å². The average Bonchev–Trinajstić information content (AvgIpc) is 3.21. The summed E-state index contributed by atoms with van der Waals surface area (Å²) in [6.45, 7) is 2.06. The molecule has 2 N–H and O–H groups in total. The summed E-state index contributed by atoms with van der Waals surface area (Å²) in [4.78, 5) is 18.3. The Balaban J connectivity index is 1.64. The summed E-state index contributed by atoms with van der Waals surface area (Å²) in [6.07, 6.45) is 2.28. The summed E-state index contributed by atoms with van der Waals surface area (Å²) in [5.74, 6) is 0.778. The molecule has 33 heavy (non-hydrogen) atoms. The zero-order chi connectivity index (χ0) is 23.4. The molecule has 1 amide bonds. The second-order valence-corrected chi connectivity index (χ2v) is 8.28. The molecule has 0 spiro atoms. The standard InChI is InChI=1S/C25H25ClFN3O3/c1-33-17-8-9-18(22(31)15-17)21-13-16(25-19(26)5-2-6-20(25)27)14-23(29-21)28-10-4-12-30-11-3-7-24(30)32/h2,5-6,8-9,13-15,31H,3-4,7,10-12H2,1H3,(H,28,29). The predicted octanol–water partition coefficient (Wildman–Crippen LogP) is 5.35. The maximum atomic E-state index is 14.7. The molecule has 0 saturated carbocycles. The van der Waals surface area contributed by atoms with E-state index in [0.717, 1.165) is 19.4 Å². The minimum Gasteiger partial charge on any atom is -0.507 e. The van der Waals surface area contributed by atoms with Gasteiger partial charge in [-0.25, -0.2) is 9.37 Å². The highest BCUT2D eigenvalue weighted by Gasteiger charge is 2.19. The largest absolute Gasteiger partial charge is 0.507 e. The molecule has 0 atom stereocenters. The number of aromatic hydroxyl groups is 1. The Morgan fingerprint density at radius 2 is 2.09 bits per heavy atom. The quantitative estimate of drug-likeness (QED) is 0.435. The van der Waals surface area contributed by atoms with Crippen molar-refractivity contribution in [1.29, 1.82) is 0 Å². The Morgan fingerprint density at radius 3 is 2.79 bits per heavy atom. The molecule has 4 rings (SSSR count). The van der Waals surface area contributed by atoms with Gasteiger partial charge in [0.05, 0.1) is 17.8 Å². The fourth-order valence-electron chi connectivity index (χ4n) is 3.96. The molecule has 0 bridgehead atoms. The molecule has 0 unspecified atom stereocenters. The minimum absolute atomic E-state index is 0.00266. The van der Waals surface area contributed by atoms with E-state index < -0.39 is 5.82 Å². The number of carbonyl (C=O) groups is 1. The average molecular weight is 470 g/mol. The zero-order valence-corrected chi connectivity index (χ0v) is 19.0. The summed E-state index contributed by atoms with van der Waals surface area (Å²) in [7, 11) is 1.52. The highest BCUT2D eigenvalue weighted by Crippen LogP contribution is 2.37. The van der Waals surface area contributed by atoms with Crippen molar-refractivity contribution in [3.8, 4) is 33.9 Å². The van der Waals surface area contributed by atoms with Crippen molar-refractivity contribution in [2.75, 3.05) is 32.1 Å². The van der Waals surface area contributed by atoms with E-state index in [2.05, 4.69) is 10.3 Å². The highest BCUT2D eigenvalue weighted by molar-refractivity contribution is 6.33. The van der Waals surface area contributed by atoms with Crippen molar-refractivity contribution in [1.82, 2.24) is 9.88 Å². The molecule has 6 nitrogen and oxygen atoms in total. The molecule has 3 aromatic rings. The topological polar surface area (TPSA) is 74.7 Å². The Morgan fingerprint density at radius 1 is 1.24 bits per heavy atom. The minimum atomic E-state index is -0.447. The number of rotatable bonds is 8. The number of carbonyl (C=O) groups excluding carboxylic acids is 1. The van der Waals surface area contributed by atoms with Gasteiger partial charge in [-0.3, -0.25) is 4.79 Å². The number of anilines is 1. The van der Waals surface area contributed by atoms with E-state index in [1.807, 2.05) is 4.90 Å². The van der Waals surface area contributed by atoms with E-state index >= 15 is 0 Å². The van der Waals surface area contributed by atoms with Crippen molar-refractivity contribution in [2.24, 2.45) is 0 Å². The highest BCUT2D eigenvalue weighted by atomic mass is 35.5. The predicted molar refractivity (Wildman–Crippen MR) is 127 cm³/mol. The Hall–Kier alpha value is -3.32. The first-order valence-corrected chi connectivity index (χ1v) is 11.2. The van der Waals surface area contributed by atoms with Crippen LogP contribution in [0.2, 0.25) is 5.02 Å². The van der Waals surface area contributed by atoms with Crippen LogP contribution in [0.15, 0.2) is 48.5 Å². The molecule has 2 aromatic carbocycles. The summed E-state index contributed by atoms with van der Waals surface area (Å²) in [5.41, 5.74) is 1.75. The van der Waals surface area contributed by atoms with Gasteiger partial charge >= 0.3 is 0 Å². The fraction of sp³-hybridized carbons (Fsp3) is 0.280. The van der Waals surface area contributed by atoms with E-state index in [1.165, 1.54) is 19.2 Å². The van der Waals surface area contributed by atoms with Crippen LogP contribution in [0.1, 0.15) is 19.3 Å². The number of halogens is 2. The van der Waals surface area contributed by atoms with Crippen LogP contribution in [0.4, 0.5) is 10.2 Å². The number of hydrogen-bond donors (Lipinski definition) is 2. The maximum Gasteiger partial charge on any atom is 0.222 e. The summed E-state index contributed by atoms with van der Waals surface area (Å²) in [6, 6.07) is 12.9. The van der Waals surface area contributed by atoms with Gasteiger partial charge in [0.2, 0.25) is 5.91 Å². The summed E-state index contributed by atoms with van der Waals surface area (Å²) >= 11 is 6.31. The Bertz CT molecular complexity index is 1150. The third kappa shape index (κ3) is 5.20. The van der Waals surface area contributed by atoms with E-state index in [-0.39, 0.29) is 22.2 Å². The van der Waals surface area contributed by atoms with Crippen LogP contribution in [0.3, 0.4) is 0 Å². The van der Waals surface area contributed by atoms with Crippen LogP contribution < -0.4 is 10.1 Å². The second-order valence-electron chi connectivity index (χ2n) is 7.87. The van der Waals surface area contributed by atoms with Crippen LogP contribution >= 0.6 is 11.6 Å². The molecular weight excluding hydrogens is 445 g/mol. The van der Waals surface area contributed by atoms with Crippen molar-refractivity contribution in [3.63, 3.8) is 0 Å². The van der Waals surface area contributed by atoms with Gasteiger partial charge in [0.1, 0.15) is 23.1 Å². The molecule has 1 aliphatic rings. The molecule has 0 aliphatic carbocycles. The van der Waals surface area contributed by atoms with Crippen LogP contribution in [-0.4, -0.2) is 47.6 Å². The van der Waals surface area contributed by atoms with Gasteiger partial charge < -0.3 is 20.1 Å². The third-order valence-electron chi connectivity index (χ3n) is 5.64. The number of nitrogens with zero attached hydrogens (tertiary/aromatic N) is 2. The number of likely N-dealkylation sites (tertiary alicyclic amines) is 1. The first kappa shape index (κ1) is 22.9. The number of nitrogens with one attached hydrogen (secondary N) is 1. The van der Waals surface area contributed by atoms with Gasteiger partial charge in [-0.2, -0.15) is 0 Å². The lowest BCUT2D eigenvalue weighted by atomic mass is 10.0. The summed E-state index contributed by atoms with van der Waals surface area (Å²) < 4.78 is 19.8. The number of pyridine rings is 1. The lowest BCUT2D eigenvalue weighted by molar-refractivity contribution is -0.127. The number of aromatic nitrogens is 1. The van der Waals surface area contributed by atoms with Crippen molar-refractivity contribution in [3.05, 3.63) is 59.4 Å². The van der Waals surface area contributed by atoms with E-state index in [9.17, 15) is 14.3 Å². The van der Waals surface area contributed by atoms with Crippen LogP contribution in [0.25, 0.3) is 22.4 Å². The number of amides is 1. The van der Waals surface area contributed by atoms with Gasteiger partial charge in [-0.15, -0.1) is 0 Å². The number of ether oxygens (including phenoxy) is 1. The molecule has 1 aromatic heterocycles. The maximum absolute atomic E-state index is 14.7. The lowest BCUT2D eigenvalue weighted by Gasteiger charge is -2.16. The first-order chi connectivity index (χ1) is 16.0. The van der Waals surface area contributed by atoms with Crippen LogP contribution in [0.5, 0.6) is 11.5 Å². The molecule has 2 heterocycles. The number of hydrogen-bond acceptors (Lipinski definition) is 5. The van der Waals surface area contributed by atoms with Crippen molar-refractivity contribution >= 4 is 23.3 Å². The molecule has 1 saturated heterocycles. The Kier molecular flexibility index (Phi) is 6.99. The molecule has 172 valence electrons. The SMILES string of the molecule is COc1ccc(-c2cc(-c3c(F)cccc3Cl)cc(NCCCN3CCCC3=O)n2)c(O)c1. The van der Waals surface area contributed by atoms with E-state index in [0.29, 0.717) is 47.9 Å². The number of benzene rings is 2. The van der Waals surface area contributed by atoms with Gasteiger partial charge in [0.15, 0.2) is 0 Å². The second kappa shape index (κ2) is 10.1. The number of phenols is 1. The first-order valence-electron chi connectivity index (χ1n) is 10.8. The Labute approximate surface area is 197 Å². The number of methoxy groups -OCH3 is 1. The molecule has 8 heteroatoms. The van der Waals surface area contributed by atoms with Crippen molar-refractivity contribution < 1.29 is 19.0 Å². The van der Waals surface area contributed by atoms with E-state index in [4.69, 9.17) is 16.3 Å². The molecule has 1 aliphatic heterocycles. The van der Waals surface area contributed by atoms with E-state index in [1.54, 1.807) is 36.4 Å². The zero-order valence-electron chi connectivity index (χ0n) is 18.3. The van der Waals surface area contributed by atoms with Crippen molar-refractivity contribution in [2.45, 2.75) is 19.3 Å². The lowest BCUT2D eigenvalue weighted by Crippen LogP contribution is -2.27. The van der Waals surface area contributed by atoms with Crippen LogP contribution in [-0.2, 0) is 4.79 Å². The normalized spacial score (nSPS) is 13.4. The van der Waals surface area contributed by atoms with Gasteiger partial charge in [-0.1, -0.05) is 17.7 Å². The number of phenolic OH excluding ortho intramolecular Hbond substituents is 1. The third-order valence-corrected chi connectivity index (χ3v) is 5.95.